The summed E-state index contributed by atoms with van der Waals surface area (Å²) >= 11 is 39.5. The summed E-state index contributed by atoms with van der Waals surface area (Å²) in [5.41, 5.74) is 6.19. The third-order valence-electron chi connectivity index (χ3n) is 6.72. The molecule has 1 saturated heterocycles. The zero-order chi connectivity index (χ0) is 28.6. The van der Waals surface area contributed by atoms with Gasteiger partial charge >= 0.3 is 0 Å². The first kappa shape index (κ1) is 30.3. The summed E-state index contributed by atoms with van der Waals surface area (Å²) in [5.74, 6) is 1.40. The van der Waals surface area contributed by atoms with E-state index in [1.54, 1.807) is 0 Å². The molecule has 1 aliphatic heterocycles. The molecule has 206 valence electrons. The lowest BCUT2D eigenvalue weighted by Crippen LogP contribution is -2.49. The zero-order valence-corrected chi connectivity index (χ0v) is 26.8. The highest BCUT2D eigenvalue weighted by molar-refractivity contribution is 6.56. The van der Waals surface area contributed by atoms with Gasteiger partial charge in [0.2, 0.25) is 0 Å². The Morgan fingerprint density at radius 2 is 1.26 bits per heavy atom. The van der Waals surface area contributed by atoms with Gasteiger partial charge in [-0.05, 0) is 69.4 Å². The molecule has 0 radical (unpaired) electrons. The summed E-state index contributed by atoms with van der Waals surface area (Å²) in [6, 6.07) is 10.1. The molecule has 0 aliphatic carbocycles. The van der Waals surface area contributed by atoms with E-state index in [0.29, 0.717) is 35.3 Å². The first-order chi connectivity index (χ1) is 18.4. The van der Waals surface area contributed by atoms with E-state index in [1.165, 1.54) is 0 Å². The van der Waals surface area contributed by atoms with E-state index in [9.17, 15) is 0 Å². The number of aryl methyl sites for hydroxylation is 4. The highest BCUT2D eigenvalue weighted by atomic mass is 35.5. The van der Waals surface area contributed by atoms with E-state index < -0.39 is 0 Å². The van der Waals surface area contributed by atoms with E-state index in [0.717, 1.165) is 46.7 Å². The summed E-state index contributed by atoms with van der Waals surface area (Å²) in [5, 5.41) is 1.19. The number of hydrogen-bond donors (Lipinski definition) is 0. The van der Waals surface area contributed by atoms with Crippen molar-refractivity contribution in [2.24, 2.45) is 9.98 Å². The lowest BCUT2D eigenvalue weighted by molar-refractivity contribution is 0.213. The molecule has 1 aliphatic rings. The van der Waals surface area contributed by atoms with Gasteiger partial charge in [-0.15, -0.1) is 0 Å². The van der Waals surface area contributed by atoms with Crippen LogP contribution in [-0.2, 0) is 0 Å². The van der Waals surface area contributed by atoms with Crippen LogP contribution in [0.2, 0.25) is 30.1 Å². The Kier molecular flexibility index (Phi) is 9.69. The van der Waals surface area contributed by atoms with Crippen molar-refractivity contribution in [1.29, 1.82) is 0 Å². The number of halogens is 6. The maximum atomic E-state index is 6.76. The molecule has 10 heteroatoms. The topological polar surface area (TPSA) is 31.2 Å². The van der Waals surface area contributed by atoms with Gasteiger partial charge in [0.15, 0.2) is 0 Å². The summed E-state index contributed by atoms with van der Waals surface area (Å²) < 4.78 is 0. The predicted molar refractivity (Wildman–Crippen MR) is 170 cm³/mol. The number of nitrogens with zero attached hydrogens (tertiary/aromatic N) is 4. The second-order valence-corrected chi connectivity index (χ2v) is 12.0. The lowest BCUT2D eigenvalue weighted by atomic mass is 10.1. The largest absolute Gasteiger partial charge is 0.342 e. The second kappa shape index (κ2) is 12.5. The Morgan fingerprint density at radius 1 is 0.692 bits per heavy atom. The molecule has 0 bridgehead atoms. The molecule has 0 saturated carbocycles. The van der Waals surface area contributed by atoms with Gasteiger partial charge in [-0.2, -0.15) is 0 Å². The van der Waals surface area contributed by atoms with Gasteiger partial charge in [0.1, 0.15) is 11.7 Å². The van der Waals surface area contributed by atoms with Crippen LogP contribution in [0, 0.1) is 27.7 Å². The molecule has 3 aromatic rings. The Morgan fingerprint density at radius 3 is 1.85 bits per heavy atom. The quantitative estimate of drug-likeness (QED) is 0.123. The molecule has 0 atom stereocenters. The average molecular weight is 645 g/mol. The van der Waals surface area contributed by atoms with Crippen molar-refractivity contribution in [2.45, 2.75) is 41.0 Å². The van der Waals surface area contributed by atoms with Crippen LogP contribution < -0.4 is 0 Å². The first-order valence-corrected chi connectivity index (χ1v) is 14.7. The second-order valence-electron chi connectivity index (χ2n) is 9.71. The minimum atomic E-state index is 0.0952. The molecule has 0 amide bonds. The molecule has 0 aromatic heterocycles. The van der Waals surface area contributed by atoms with Gasteiger partial charge in [-0.3, -0.25) is 0 Å². The number of aliphatic imine (C=N–C) groups is 2. The number of hydrogen-bond acceptors (Lipinski definition) is 2. The number of rotatable bonds is 3. The molecule has 4 nitrogen and oxygen atoms in total. The van der Waals surface area contributed by atoms with Crippen molar-refractivity contribution in [2.75, 3.05) is 19.8 Å². The zero-order valence-electron chi connectivity index (χ0n) is 22.3. The van der Waals surface area contributed by atoms with E-state index in [1.807, 2.05) is 39.0 Å². The van der Waals surface area contributed by atoms with Gasteiger partial charge in [-0.25, -0.2) is 9.98 Å². The lowest BCUT2D eigenvalue weighted by Gasteiger charge is -2.39. The van der Waals surface area contributed by atoms with Crippen molar-refractivity contribution in [1.82, 2.24) is 9.80 Å². The minimum absolute atomic E-state index is 0.0952. The summed E-state index contributed by atoms with van der Waals surface area (Å²) in [6.45, 7) is 12.1. The van der Waals surface area contributed by atoms with Gasteiger partial charge in [-0.1, -0.05) is 93.9 Å². The average Bonchev–Trinajstić information content (AvgIpc) is 2.89. The summed E-state index contributed by atoms with van der Waals surface area (Å²) in [7, 11) is 0. The van der Waals surface area contributed by atoms with Crippen molar-refractivity contribution in [3.63, 3.8) is 0 Å². The van der Waals surface area contributed by atoms with Crippen LogP contribution in [0.5, 0.6) is 0 Å². The highest BCUT2D eigenvalue weighted by Gasteiger charge is 2.29. The normalized spacial score (nSPS) is 14.8. The van der Waals surface area contributed by atoms with Gasteiger partial charge in [0.05, 0.1) is 53.7 Å². The van der Waals surface area contributed by atoms with Gasteiger partial charge < -0.3 is 9.80 Å². The van der Waals surface area contributed by atoms with Crippen molar-refractivity contribution in [3.8, 4) is 0 Å². The third-order valence-corrected chi connectivity index (χ3v) is 9.28. The summed E-state index contributed by atoms with van der Waals surface area (Å²) in [4.78, 5) is 14.3. The molecule has 4 rings (SSSR count). The molecule has 0 N–H and O–H groups in total. The van der Waals surface area contributed by atoms with Crippen LogP contribution in [0.3, 0.4) is 0 Å². The summed E-state index contributed by atoms with van der Waals surface area (Å²) in [6.07, 6.45) is 0.851. The maximum absolute atomic E-state index is 6.76. The van der Waals surface area contributed by atoms with Crippen LogP contribution >= 0.6 is 69.6 Å². The van der Waals surface area contributed by atoms with E-state index in [-0.39, 0.29) is 25.1 Å². The van der Waals surface area contributed by atoms with Gasteiger partial charge in [0.25, 0.3) is 0 Å². The predicted octanol–water partition coefficient (Wildman–Crippen LogP) is 10.6. The Hall–Kier alpha value is -1.66. The highest BCUT2D eigenvalue weighted by Crippen LogP contribution is 2.45. The fourth-order valence-electron chi connectivity index (χ4n) is 4.69. The molecule has 0 unspecified atom stereocenters. The molecule has 1 heterocycles. The standard InChI is InChI=1S/C29H28Cl6N4/c1-15-12-18(4)28(20(30)13-15)37-29(21-22(31)24(33)26(35)25(34)23(21)32)39-11-7-10-38(14-39)19(5)36-27-16(2)8-6-9-17(27)3/h6,8-9,12-13H,7,10-11,14H2,1-5H3/b36-19+,37-29+. The Labute approximate surface area is 260 Å². The molecule has 0 spiro atoms. The van der Waals surface area contributed by atoms with E-state index >= 15 is 0 Å². The first-order valence-electron chi connectivity index (χ1n) is 12.4. The Balaban J connectivity index is 1.85. The van der Waals surface area contributed by atoms with Crippen molar-refractivity contribution < 1.29 is 0 Å². The Bertz CT molecular complexity index is 1430. The third kappa shape index (κ3) is 6.32. The van der Waals surface area contributed by atoms with Crippen LogP contribution in [0.25, 0.3) is 0 Å². The maximum Gasteiger partial charge on any atom is 0.141 e. The molecular weight excluding hydrogens is 617 g/mol. The van der Waals surface area contributed by atoms with Crippen molar-refractivity contribution >= 4 is 92.7 Å². The van der Waals surface area contributed by atoms with Crippen LogP contribution in [0.1, 0.15) is 41.2 Å². The molecule has 1 fully saturated rings. The number of benzene rings is 3. The van der Waals surface area contributed by atoms with Crippen LogP contribution in [0.15, 0.2) is 40.3 Å². The van der Waals surface area contributed by atoms with Crippen molar-refractivity contribution in [3.05, 3.63) is 88.3 Å². The number of para-hydroxylation sites is 1. The van der Waals surface area contributed by atoms with Gasteiger partial charge in [0, 0.05) is 13.1 Å². The fraction of sp³-hybridized carbons (Fsp3) is 0.310. The van der Waals surface area contributed by atoms with E-state index in [2.05, 4.69) is 35.8 Å². The minimum Gasteiger partial charge on any atom is -0.342 e. The monoisotopic (exact) mass is 642 g/mol. The van der Waals surface area contributed by atoms with Crippen LogP contribution in [0.4, 0.5) is 11.4 Å². The smallest absolute Gasteiger partial charge is 0.141 e. The SMILES string of the molecule is C/C(=N\c1c(C)cccc1C)N1CCCN(/C(=N/c2c(C)cc(C)cc2Cl)c2c(Cl)c(Cl)c(Cl)c(Cl)c2Cl)C1. The number of amidine groups is 2. The molecular formula is C29H28Cl6N4. The van der Waals surface area contributed by atoms with E-state index in [4.69, 9.17) is 79.6 Å². The molecule has 3 aromatic carbocycles. The van der Waals surface area contributed by atoms with Crippen LogP contribution in [-0.4, -0.2) is 41.2 Å². The fourth-order valence-corrected chi connectivity index (χ4v) is 6.36. The molecule has 39 heavy (non-hydrogen) atoms.